The monoisotopic (exact) mass is 378 g/mol. The van der Waals surface area contributed by atoms with Gasteiger partial charge in [-0.2, -0.15) is 0 Å². The lowest BCUT2D eigenvalue weighted by Crippen LogP contribution is -2.35. The van der Waals surface area contributed by atoms with Gasteiger partial charge < -0.3 is 5.32 Å². The summed E-state index contributed by atoms with van der Waals surface area (Å²) in [6.07, 6.45) is -0.0657. The summed E-state index contributed by atoms with van der Waals surface area (Å²) in [4.78, 5) is 52.5. The molecule has 1 atom stereocenters. The van der Waals surface area contributed by atoms with Crippen LogP contribution in [0.2, 0.25) is 0 Å². The predicted octanol–water partition coefficient (Wildman–Crippen LogP) is 0.570. The maximum atomic E-state index is 12.4. The smallest absolute Gasteiger partial charge is 0.327 e. The average Bonchev–Trinajstić information content (AvgIpc) is 2.74. The van der Waals surface area contributed by atoms with Crippen LogP contribution in [0.4, 0.5) is 11.5 Å². The Balaban J connectivity index is 1.85. The van der Waals surface area contributed by atoms with Crippen LogP contribution in [-0.4, -0.2) is 27.8 Å². The first-order valence-corrected chi connectivity index (χ1v) is 7.46. The van der Waals surface area contributed by atoms with Gasteiger partial charge in [0.15, 0.2) is 0 Å². The van der Waals surface area contributed by atoms with E-state index in [4.69, 9.17) is 0 Å². The third-order valence-corrected chi connectivity index (χ3v) is 3.85. The topological polar surface area (TPSA) is 115 Å². The standard InChI is InChI=1S/C14H11BrN4O4/c15-7-1-3-8(4-2-7)19-12(21)5-9(13(19)22)16-10-6-11(20)18-14(23)17-10/h1-4,6,9H,5H2,(H3,16,17,18,20,23)/t9-/m1/s1. The molecule has 2 aromatic rings. The molecule has 1 aromatic heterocycles. The van der Waals surface area contributed by atoms with Crippen LogP contribution in [0.3, 0.4) is 0 Å². The van der Waals surface area contributed by atoms with Crippen molar-refractivity contribution in [2.75, 3.05) is 10.2 Å². The number of hydrogen-bond acceptors (Lipinski definition) is 5. The van der Waals surface area contributed by atoms with Crippen molar-refractivity contribution in [1.82, 2.24) is 9.97 Å². The second-order valence-corrected chi connectivity index (χ2v) is 5.86. The maximum Gasteiger partial charge on any atom is 0.327 e. The number of halogens is 1. The first-order valence-electron chi connectivity index (χ1n) is 6.66. The summed E-state index contributed by atoms with van der Waals surface area (Å²) < 4.78 is 0.830. The largest absolute Gasteiger partial charge is 0.359 e. The van der Waals surface area contributed by atoms with Crippen LogP contribution in [0.5, 0.6) is 0 Å². The van der Waals surface area contributed by atoms with E-state index in [1.54, 1.807) is 24.3 Å². The van der Waals surface area contributed by atoms with E-state index in [0.29, 0.717) is 5.69 Å². The number of H-pyrrole nitrogens is 2. The quantitative estimate of drug-likeness (QED) is 0.675. The van der Waals surface area contributed by atoms with E-state index >= 15 is 0 Å². The molecule has 1 aliphatic rings. The maximum absolute atomic E-state index is 12.4. The predicted molar refractivity (Wildman–Crippen MR) is 86.3 cm³/mol. The zero-order valence-corrected chi connectivity index (χ0v) is 13.2. The van der Waals surface area contributed by atoms with Crippen LogP contribution in [0.15, 0.2) is 44.4 Å². The summed E-state index contributed by atoms with van der Waals surface area (Å²) >= 11 is 3.29. The molecule has 0 aliphatic carbocycles. The van der Waals surface area contributed by atoms with Crippen LogP contribution in [-0.2, 0) is 9.59 Å². The van der Waals surface area contributed by atoms with E-state index in [0.717, 1.165) is 15.4 Å². The summed E-state index contributed by atoms with van der Waals surface area (Å²) in [5.41, 5.74) is -0.828. The second-order valence-electron chi connectivity index (χ2n) is 4.95. The number of nitrogens with zero attached hydrogens (tertiary/aromatic N) is 1. The number of carbonyl (C=O) groups excluding carboxylic acids is 2. The molecule has 1 fully saturated rings. The van der Waals surface area contributed by atoms with Crippen LogP contribution >= 0.6 is 15.9 Å². The van der Waals surface area contributed by atoms with Gasteiger partial charge in [-0.25, -0.2) is 9.69 Å². The van der Waals surface area contributed by atoms with Crippen molar-refractivity contribution in [3.8, 4) is 0 Å². The molecule has 1 aliphatic heterocycles. The minimum Gasteiger partial charge on any atom is -0.359 e. The second kappa shape index (κ2) is 5.84. The molecule has 23 heavy (non-hydrogen) atoms. The molecule has 0 spiro atoms. The van der Waals surface area contributed by atoms with Crippen molar-refractivity contribution in [1.29, 1.82) is 0 Å². The van der Waals surface area contributed by atoms with E-state index < -0.39 is 23.2 Å². The van der Waals surface area contributed by atoms with E-state index in [1.807, 2.05) is 4.98 Å². The molecule has 0 saturated carbocycles. The number of imide groups is 1. The highest BCUT2D eigenvalue weighted by Crippen LogP contribution is 2.25. The highest BCUT2D eigenvalue weighted by molar-refractivity contribution is 9.10. The highest BCUT2D eigenvalue weighted by Gasteiger charge is 2.39. The van der Waals surface area contributed by atoms with Gasteiger partial charge in [0.2, 0.25) is 5.91 Å². The van der Waals surface area contributed by atoms with E-state index in [-0.39, 0.29) is 18.1 Å². The minimum absolute atomic E-state index is 0.0657. The van der Waals surface area contributed by atoms with Crippen LogP contribution in [0, 0.1) is 0 Å². The molecule has 9 heteroatoms. The molecule has 3 rings (SSSR count). The molecule has 118 valence electrons. The lowest BCUT2D eigenvalue weighted by Gasteiger charge is -2.15. The van der Waals surface area contributed by atoms with Crippen LogP contribution < -0.4 is 21.5 Å². The van der Waals surface area contributed by atoms with Gasteiger partial charge in [-0.1, -0.05) is 15.9 Å². The highest BCUT2D eigenvalue weighted by atomic mass is 79.9. The molecule has 0 bridgehead atoms. The van der Waals surface area contributed by atoms with Gasteiger partial charge in [-0.05, 0) is 24.3 Å². The number of nitrogens with one attached hydrogen (secondary N) is 3. The van der Waals surface area contributed by atoms with Crippen molar-refractivity contribution >= 4 is 39.2 Å². The van der Waals surface area contributed by atoms with Gasteiger partial charge in [-0.15, -0.1) is 0 Å². The van der Waals surface area contributed by atoms with Crippen molar-refractivity contribution in [3.05, 3.63) is 55.6 Å². The van der Waals surface area contributed by atoms with Crippen molar-refractivity contribution in [2.45, 2.75) is 12.5 Å². The first kappa shape index (κ1) is 15.2. The molecule has 0 radical (unpaired) electrons. The molecule has 2 amide bonds. The summed E-state index contributed by atoms with van der Waals surface area (Å²) in [5, 5.41) is 2.72. The fourth-order valence-corrected chi connectivity index (χ4v) is 2.60. The van der Waals surface area contributed by atoms with Gasteiger partial charge in [0.1, 0.15) is 11.9 Å². The van der Waals surface area contributed by atoms with Crippen LogP contribution in [0.25, 0.3) is 0 Å². The Bertz CT molecular complexity index is 858. The number of aromatic nitrogens is 2. The first-order chi connectivity index (χ1) is 10.9. The summed E-state index contributed by atoms with van der Waals surface area (Å²) in [7, 11) is 0. The van der Waals surface area contributed by atoms with Gasteiger partial charge in [-0.3, -0.25) is 24.4 Å². The Kier molecular flexibility index (Phi) is 3.87. The fraction of sp³-hybridized carbons (Fsp3) is 0.143. The Labute approximate surface area is 137 Å². The molecule has 1 aromatic carbocycles. The third-order valence-electron chi connectivity index (χ3n) is 3.32. The molecular formula is C14H11BrN4O4. The Morgan fingerprint density at radius 1 is 1.09 bits per heavy atom. The average molecular weight is 379 g/mol. The van der Waals surface area contributed by atoms with Crippen molar-refractivity contribution < 1.29 is 9.59 Å². The Hall–Kier alpha value is -2.68. The number of carbonyl (C=O) groups is 2. The Morgan fingerprint density at radius 3 is 2.43 bits per heavy atom. The molecule has 1 saturated heterocycles. The van der Waals surface area contributed by atoms with Crippen LogP contribution in [0.1, 0.15) is 6.42 Å². The summed E-state index contributed by atoms with van der Waals surface area (Å²) in [6, 6.07) is 7.02. The number of rotatable bonds is 3. The van der Waals surface area contributed by atoms with Crippen molar-refractivity contribution in [3.63, 3.8) is 0 Å². The van der Waals surface area contributed by atoms with Gasteiger partial charge in [0.05, 0.1) is 12.1 Å². The third kappa shape index (κ3) is 3.09. The SMILES string of the molecule is O=C1C[C@@H](Nc2cc(=O)[nH]c(=O)[nH]2)C(=O)N1c1ccc(Br)cc1. The van der Waals surface area contributed by atoms with Crippen molar-refractivity contribution in [2.24, 2.45) is 0 Å². The van der Waals surface area contributed by atoms with Gasteiger partial charge >= 0.3 is 5.69 Å². The molecule has 0 unspecified atom stereocenters. The molecule has 3 N–H and O–H groups in total. The minimum atomic E-state index is -0.844. The number of anilines is 2. The molecule has 8 nitrogen and oxygen atoms in total. The lowest BCUT2D eigenvalue weighted by atomic mass is 10.2. The van der Waals surface area contributed by atoms with Gasteiger partial charge in [0.25, 0.3) is 11.5 Å². The lowest BCUT2D eigenvalue weighted by molar-refractivity contribution is -0.121. The molecule has 2 heterocycles. The fourth-order valence-electron chi connectivity index (χ4n) is 2.34. The van der Waals surface area contributed by atoms with E-state index in [2.05, 4.69) is 26.2 Å². The normalized spacial score (nSPS) is 17.6. The summed E-state index contributed by atoms with van der Waals surface area (Å²) in [6.45, 7) is 0. The molecular weight excluding hydrogens is 368 g/mol. The van der Waals surface area contributed by atoms with E-state index in [1.165, 1.54) is 0 Å². The number of aromatic amines is 2. The Morgan fingerprint density at radius 2 is 1.78 bits per heavy atom. The number of amides is 2. The number of benzene rings is 1. The van der Waals surface area contributed by atoms with Gasteiger partial charge in [0, 0.05) is 10.5 Å². The number of hydrogen-bond donors (Lipinski definition) is 3. The summed E-state index contributed by atoms with van der Waals surface area (Å²) in [5.74, 6) is -0.719. The zero-order valence-electron chi connectivity index (χ0n) is 11.6. The zero-order chi connectivity index (χ0) is 16.6. The van der Waals surface area contributed by atoms with E-state index in [9.17, 15) is 19.2 Å².